The fourth-order valence-electron chi connectivity index (χ4n) is 4.06. The van der Waals surface area contributed by atoms with E-state index in [0.29, 0.717) is 42.2 Å². The molecule has 0 bridgehead atoms. The summed E-state index contributed by atoms with van der Waals surface area (Å²) in [5.74, 6) is 0.217. The zero-order valence-electron chi connectivity index (χ0n) is 17.5. The average molecular weight is 408 g/mol. The van der Waals surface area contributed by atoms with Crippen LogP contribution >= 0.6 is 0 Å². The van der Waals surface area contributed by atoms with Gasteiger partial charge < -0.3 is 20.4 Å². The van der Waals surface area contributed by atoms with Crippen molar-refractivity contribution in [3.05, 3.63) is 41.5 Å². The normalized spacial score (nSPS) is 14.2. The van der Waals surface area contributed by atoms with Gasteiger partial charge in [0.25, 0.3) is 5.91 Å². The fourth-order valence-corrected chi connectivity index (χ4v) is 4.06. The first-order chi connectivity index (χ1) is 14.7. The van der Waals surface area contributed by atoms with Gasteiger partial charge >= 0.3 is 0 Å². The highest BCUT2D eigenvalue weighted by Crippen LogP contribution is 2.29. The van der Waals surface area contributed by atoms with Crippen LogP contribution in [-0.2, 0) is 11.3 Å². The van der Waals surface area contributed by atoms with E-state index in [1.54, 1.807) is 7.11 Å². The molecule has 7 nitrogen and oxygen atoms in total. The highest BCUT2D eigenvalue weighted by atomic mass is 16.5. The van der Waals surface area contributed by atoms with E-state index in [9.17, 15) is 4.79 Å². The van der Waals surface area contributed by atoms with E-state index < -0.39 is 0 Å². The van der Waals surface area contributed by atoms with Crippen LogP contribution in [-0.4, -0.2) is 40.7 Å². The van der Waals surface area contributed by atoms with Crippen molar-refractivity contribution in [3.63, 3.8) is 0 Å². The molecule has 0 unspecified atom stereocenters. The van der Waals surface area contributed by atoms with Gasteiger partial charge in [-0.3, -0.25) is 4.79 Å². The number of anilines is 1. The van der Waals surface area contributed by atoms with Gasteiger partial charge in [-0.15, -0.1) is 0 Å². The van der Waals surface area contributed by atoms with Crippen LogP contribution in [0.5, 0.6) is 0 Å². The maximum Gasteiger partial charge on any atom is 0.257 e. The molecule has 1 aliphatic rings. The number of methoxy groups -OCH3 is 1. The van der Waals surface area contributed by atoms with E-state index in [1.165, 1.54) is 18.4 Å². The number of amides is 1. The number of aryl methyl sites for hydroxylation is 1. The van der Waals surface area contributed by atoms with Crippen LogP contribution in [0.1, 0.15) is 48.9 Å². The van der Waals surface area contributed by atoms with E-state index in [0.717, 1.165) is 36.7 Å². The first-order valence-electron chi connectivity index (χ1n) is 10.7. The van der Waals surface area contributed by atoms with Crippen molar-refractivity contribution >= 4 is 33.9 Å². The number of ether oxygens (including phenoxy) is 1. The van der Waals surface area contributed by atoms with E-state index in [-0.39, 0.29) is 5.91 Å². The van der Waals surface area contributed by atoms with Gasteiger partial charge in [0.1, 0.15) is 16.9 Å². The minimum absolute atomic E-state index is 0.214. The molecule has 1 aromatic carbocycles. The summed E-state index contributed by atoms with van der Waals surface area (Å²) in [5, 5.41) is 2.94. The molecule has 0 saturated carbocycles. The third kappa shape index (κ3) is 4.16. The Kier molecular flexibility index (Phi) is 6.28. The smallest absolute Gasteiger partial charge is 0.257 e. The number of allylic oxidation sites excluding steroid dienone is 2. The molecule has 3 aromatic rings. The lowest BCUT2D eigenvalue weighted by Crippen LogP contribution is -2.26. The molecule has 4 rings (SSSR count). The van der Waals surface area contributed by atoms with Crippen molar-refractivity contribution in [2.45, 2.75) is 45.1 Å². The van der Waals surface area contributed by atoms with E-state index in [1.807, 2.05) is 28.8 Å². The Labute approximate surface area is 176 Å². The third-order valence-electron chi connectivity index (χ3n) is 5.67. The first-order valence-corrected chi connectivity index (χ1v) is 10.7. The van der Waals surface area contributed by atoms with Gasteiger partial charge in [0.15, 0.2) is 5.65 Å². The van der Waals surface area contributed by atoms with Crippen molar-refractivity contribution in [1.29, 1.82) is 0 Å². The highest BCUT2D eigenvalue weighted by molar-refractivity contribution is 6.10. The third-order valence-corrected chi connectivity index (χ3v) is 5.67. The van der Waals surface area contributed by atoms with Crippen molar-refractivity contribution < 1.29 is 9.53 Å². The predicted molar refractivity (Wildman–Crippen MR) is 119 cm³/mol. The Morgan fingerprint density at radius 1 is 1.23 bits per heavy atom. The molecule has 0 saturated heterocycles. The van der Waals surface area contributed by atoms with Crippen LogP contribution in [0.2, 0.25) is 0 Å². The topological polar surface area (TPSA) is 95.1 Å². The number of nitrogen functional groups attached to an aromatic ring is 1. The molecular formula is C23H29N5O2. The summed E-state index contributed by atoms with van der Waals surface area (Å²) in [6.07, 6.45) is 8.80. The summed E-state index contributed by atoms with van der Waals surface area (Å²) < 4.78 is 7.01. The van der Waals surface area contributed by atoms with E-state index >= 15 is 0 Å². The number of nitrogens with two attached hydrogens (primary N) is 1. The van der Waals surface area contributed by atoms with Crippen LogP contribution in [0.4, 0.5) is 5.82 Å². The molecule has 158 valence electrons. The average Bonchev–Trinajstić information content (AvgIpc) is 3.04. The Morgan fingerprint density at radius 2 is 2.03 bits per heavy atom. The number of benzene rings is 1. The van der Waals surface area contributed by atoms with Crippen LogP contribution in [0.3, 0.4) is 0 Å². The number of rotatable bonds is 8. The first kappa shape index (κ1) is 20.3. The number of aromatic nitrogens is 3. The lowest BCUT2D eigenvalue weighted by molar-refractivity contribution is 0.0951. The van der Waals surface area contributed by atoms with E-state index in [4.69, 9.17) is 20.4 Å². The zero-order chi connectivity index (χ0) is 20.9. The molecular weight excluding hydrogens is 378 g/mol. The van der Waals surface area contributed by atoms with E-state index in [2.05, 4.69) is 11.4 Å². The molecule has 1 amide bonds. The molecule has 2 aromatic heterocycles. The van der Waals surface area contributed by atoms with Gasteiger partial charge in [-0.2, -0.15) is 0 Å². The summed E-state index contributed by atoms with van der Waals surface area (Å²) in [6.45, 7) is 1.81. The monoisotopic (exact) mass is 407 g/mol. The van der Waals surface area contributed by atoms with Crippen LogP contribution in [0.15, 0.2) is 35.9 Å². The molecule has 7 heteroatoms. The molecule has 3 N–H and O–H groups in total. The molecule has 0 spiro atoms. The summed E-state index contributed by atoms with van der Waals surface area (Å²) in [7, 11) is 1.65. The van der Waals surface area contributed by atoms with Crippen molar-refractivity contribution in [1.82, 2.24) is 19.9 Å². The standard InChI is InChI=1S/C23H29N5O2/c1-30-15-7-13-25-23(29)19-20-22(27-18-11-6-5-10-17(18)26-20)28(21(19)24)14-12-16-8-3-2-4-9-16/h5-6,8,10-11H,2-4,7,9,12-15,24H2,1H3,(H,25,29). The maximum atomic E-state index is 13.0. The Hall–Kier alpha value is -2.93. The van der Waals surface area contributed by atoms with Gasteiger partial charge in [-0.05, 0) is 50.7 Å². The minimum atomic E-state index is -0.214. The molecule has 0 radical (unpaired) electrons. The minimum Gasteiger partial charge on any atom is -0.385 e. The number of carbonyl (C=O) groups is 1. The number of carbonyl (C=O) groups excluding carboxylic acids is 1. The number of nitrogens with zero attached hydrogens (tertiary/aromatic N) is 3. The summed E-state index contributed by atoms with van der Waals surface area (Å²) >= 11 is 0. The largest absolute Gasteiger partial charge is 0.385 e. The van der Waals surface area contributed by atoms with Crippen LogP contribution in [0, 0.1) is 0 Å². The summed E-state index contributed by atoms with van der Waals surface area (Å²) in [6, 6.07) is 7.70. The molecule has 0 atom stereocenters. The fraction of sp³-hybridized carbons (Fsp3) is 0.435. The maximum absolute atomic E-state index is 13.0. The quantitative estimate of drug-likeness (QED) is 0.437. The molecule has 0 aliphatic heterocycles. The lowest BCUT2D eigenvalue weighted by Gasteiger charge is -2.14. The second-order valence-electron chi connectivity index (χ2n) is 7.76. The zero-order valence-corrected chi connectivity index (χ0v) is 17.5. The van der Waals surface area contributed by atoms with Gasteiger partial charge in [-0.1, -0.05) is 23.8 Å². The van der Waals surface area contributed by atoms with Gasteiger partial charge in [0, 0.05) is 26.8 Å². The Balaban J connectivity index is 1.71. The molecule has 30 heavy (non-hydrogen) atoms. The number of hydrogen-bond donors (Lipinski definition) is 2. The second kappa shape index (κ2) is 9.26. The molecule has 2 heterocycles. The van der Waals surface area contributed by atoms with Crippen molar-refractivity contribution in [2.75, 3.05) is 26.0 Å². The van der Waals surface area contributed by atoms with Crippen molar-refractivity contribution in [3.8, 4) is 0 Å². The molecule has 1 aliphatic carbocycles. The number of hydrogen-bond acceptors (Lipinski definition) is 5. The second-order valence-corrected chi connectivity index (χ2v) is 7.76. The number of fused-ring (bicyclic) bond motifs is 2. The summed E-state index contributed by atoms with van der Waals surface area (Å²) in [5.41, 5.74) is 11.2. The number of nitrogens with one attached hydrogen (secondary N) is 1. The van der Waals surface area contributed by atoms with Crippen LogP contribution < -0.4 is 11.1 Å². The SMILES string of the molecule is COCCCNC(=O)c1c(N)n(CCC2=CCCCC2)c2nc3ccccc3nc12. The number of para-hydroxylation sites is 2. The van der Waals surface area contributed by atoms with Gasteiger partial charge in [-0.25, -0.2) is 9.97 Å². The van der Waals surface area contributed by atoms with Crippen molar-refractivity contribution in [2.24, 2.45) is 0 Å². The predicted octanol–water partition coefficient (Wildman–Crippen LogP) is 3.82. The van der Waals surface area contributed by atoms with Gasteiger partial charge in [0.2, 0.25) is 0 Å². The Bertz CT molecular complexity index is 1090. The van der Waals surface area contributed by atoms with Crippen LogP contribution in [0.25, 0.3) is 22.2 Å². The highest BCUT2D eigenvalue weighted by Gasteiger charge is 2.23. The van der Waals surface area contributed by atoms with Gasteiger partial charge in [0.05, 0.1) is 11.0 Å². The summed E-state index contributed by atoms with van der Waals surface area (Å²) in [4.78, 5) is 22.5. The Morgan fingerprint density at radius 3 is 2.77 bits per heavy atom. The lowest BCUT2D eigenvalue weighted by atomic mass is 9.97. The molecule has 0 fully saturated rings.